The lowest BCUT2D eigenvalue weighted by molar-refractivity contribution is -0.150. The molecule has 40 heavy (non-hydrogen) atoms. The van der Waals surface area contributed by atoms with E-state index < -0.39 is 40.7 Å². The first-order valence-electron chi connectivity index (χ1n) is 14.5. The minimum absolute atomic E-state index is 0.0322. The molecule has 1 aromatic rings. The van der Waals surface area contributed by atoms with E-state index in [0.717, 1.165) is 6.42 Å². The smallest absolute Gasteiger partial charge is 0.246 e. The van der Waals surface area contributed by atoms with Gasteiger partial charge in [-0.3, -0.25) is 14.4 Å². The van der Waals surface area contributed by atoms with Gasteiger partial charge in [0.2, 0.25) is 17.7 Å². The van der Waals surface area contributed by atoms with Gasteiger partial charge in [0.25, 0.3) is 0 Å². The molecule has 3 unspecified atom stereocenters. The van der Waals surface area contributed by atoms with E-state index in [2.05, 4.69) is 31.4 Å². The molecule has 9 heteroatoms. The van der Waals surface area contributed by atoms with Crippen molar-refractivity contribution in [2.75, 3.05) is 18.5 Å². The molecule has 1 spiro atoms. The Bertz CT molecular complexity index is 1140. The number of nitrogens with one attached hydrogen (secondary N) is 2. The van der Waals surface area contributed by atoms with E-state index >= 15 is 0 Å². The van der Waals surface area contributed by atoms with Crippen LogP contribution in [0.2, 0.25) is 0 Å². The van der Waals surface area contributed by atoms with Crippen LogP contribution >= 0.6 is 0 Å². The van der Waals surface area contributed by atoms with Gasteiger partial charge >= 0.3 is 0 Å². The summed E-state index contributed by atoms with van der Waals surface area (Å²) in [5, 5.41) is 16.3. The van der Waals surface area contributed by atoms with Gasteiger partial charge in [0, 0.05) is 11.2 Å². The number of hydrogen-bond donors (Lipinski definition) is 3. The molecule has 222 valence electrons. The molecule has 0 aromatic heterocycles. The number of carbonyl (C=O) groups is 3. The van der Waals surface area contributed by atoms with Crippen molar-refractivity contribution in [1.82, 2.24) is 10.2 Å². The number of amides is 3. The van der Waals surface area contributed by atoms with E-state index in [9.17, 15) is 19.5 Å². The van der Waals surface area contributed by atoms with Crippen molar-refractivity contribution in [3.05, 3.63) is 24.3 Å². The van der Waals surface area contributed by atoms with Gasteiger partial charge in [-0.15, -0.1) is 0 Å². The second-order valence-corrected chi connectivity index (χ2v) is 14.0. The van der Waals surface area contributed by atoms with E-state index in [1.807, 2.05) is 34.6 Å². The number of rotatable bonds is 9. The van der Waals surface area contributed by atoms with E-state index in [4.69, 9.17) is 9.47 Å². The quantitative estimate of drug-likeness (QED) is 0.426. The van der Waals surface area contributed by atoms with Crippen molar-refractivity contribution in [3.8, 4) is 5.75 Å². The molecule has 3 amide bonds. The average Bonchev–Trinajstić information content (AvgIpc) is 3.34. The maximum atomic E-state index is 14.2. The Morgan fingerprint density at radius 2 is 1.80 bits per heavy atom. The molecule has 3 aliphatic heterocycles. The van der Waals surface area contributed by atoms with Gasteiger partial charge in [-0.2, -0.15) is 0 Å². The molecule has 0 saturated carbocycles. The largest absolute Gasteiger partial charge is 0.494 e. The van der Waals surface area contributed by atoms with Crippen molar-refractivity contribution in [2.24, 2.45) is 23.2 Å². The van der Waals surface area contributed by atoms with Crippen LogP contribution in [0.5, 0.6) is 5.75 Å². The fraction of sp³-hybridized carbons (Fsp3) is 0.710. The Kier molecular flexibility index (Phi) is 7.82. The van der Waals surface area contributed by atoms with Crippen LogP contribution in [-0.2, 0) is 19.1 Å². The molecule has 3 aliphatic rings. The molecule has 2 bridgehead atoms. The lowest BCUT2D eigenvalue weighted by Crippen LogP contribution is -2.61. The number of ether oxygens (including phenoxy) is 2. The first-order valence-corrected chi connectivity index (χ1v) is 14.5. The fourth-order valence-electron chi connectivity index (χ4n) is 7.73. The molecule has 9 nitrogen and oxygen atoms in total. The molecule has 3 N–H and O–H groups in total. The minimum atomic E-state index is -1.17. The average molecular weight is 558 g/mol. The summed E-state index contributed by atoms with van der Waals surface area (Å²) >= 11 is 0. The minimum Gasteiger partial charge on any atom is -0.494 e. The summed E-state index contributed by atoms with van der Waals surface area (Å²) in [6.07, 6.45) is 1.19. The van der Waals surface area contributed by atoms with Crippen molar-refractivity contribution in [2.45, 2.75) is 104 Å². The summed E-state index contributed by atoms with van der Waals surface area (Å²) < 4.78 is 12.3. The highest BCUT2D eigenvalue weighted by molar-refractivity contribution is 6.02. The number of fused-ring (bicyclic) bond motifs is 1. The van der Waals surface area contributed by atoms with E-state index in [-0.39, 0.29) is 35.7 Å². The Morgan fingerprint density at radius 1 is 1.18 bits per heavy atom. The number of anilines is 1. The maximum absolute atomic E-state index is 14.2. The summed E-state index contributed by atoms with van der Waals surface area (Å²) in [6.45, 7) is 18.1. The van der Waals surface area contributed by atoms with Crippen molar-refractivity contribution < 1.29 is 29.0 Å². The number of nitrogens with zero attached hydrogens (tertiary/aromatic N) is 1. The van der Waals surface area contributed by atoms with Gasteiger partial charge in [-0.1, -0.05) is 27.7 Å². The first kappa shape index (κ1) is 30.3. The van der Waals surface area contributed by atoms with Gasteiger partial charge in [0.05, 0.1) is 36.7 Å². The zero-order valence-electron chi connectivity index (χ0n) is 25.5. The second-order valence-electron chi connectivity index (χ2n) is 14.0. The number of aliphatic hydroxyl groups is 1. The zero-order valence-corrected chi connectivity index (χ0v) is 25.5. The maximum Gasteiger partial charge on any atom is 0.246 e. The second kappa shape index (κ2) is 10.3. The molecule has 3 fully saturated rings. The van der Waals surface area contributed by atoms with Crippen LogP contribution in [0.4, 0.5) is 5.69 Å². The molecule has 4 rings (SSSR count). The number of aliphatic hydroxyl groups excluding tert-OH is 1. The van der Waals surface area contributed by atoms with Crippen molar-refractivity contribution in [1.29, 1.82) is 0 Å². The Balaban J connectivity index is 1.70. The Morgan fingerprint density at radius 3 is 2.35 bits per heavy atom. The van der Waals surface area contributed by atoms with Crippen LogP contribution in [0.25, 0.3) is 0 Å². The molecular weight excluding hydrogens is 510 g/mol. The number of carbonyl (C=O) groups excluding carboxylic acids is 3. The SMILES string of the molecule is CCOc1ccc(NC(=O)[C@@H]2[C@H]3C(=O)N([C@H](C)CO)C(C(=O)NC(C)(C)CC(C)(C)C)C34CC(C)[C@@]2(C)O4)cc1. The summed E-state index contributed by atoms with van der Waals surface area (Å²) in [4.78, 5) is 43.7. The fourth-order valence-corrected chi connectivity index (χ4v) is 7.73. The third-order valence-electron chi connectivity index (χ3n) is 8.89. The molecule has 7 atom stereocenters. The van der Waals surface area contributed by atoms with Crippen LogP contribution in [0.3, 0.4) is 0 Å². The van der Waals surface area contributed by atoms with Gasteiger partial charge in [0.1, 0.15) is 17.4 Å². The van der Waals surface area contributed by atoms with Crippen LogP contribution < -0.4 is 15.4 Å². The highest BCUT2D eigenvalue weighted by Crippen LogP contribution is 2.65. The van der Waals surface area contributed by atoms with Crippen LogP contribution in [0.15, 0.2) is 24.3 Å². The van der Waals surface area contributed by atoms with Gasteiger partial charge in [0.15, 0.2) is 0 Å². The normalized spacial score (nSPS) is 32.1. The molecule has 3 heterocycles. The molecule has 0 aliphatic carbocycles. The summed E-state index contributed by atoms with van der Waals surface area (Å²) in [6, 6.07) is 5.53. The summed E-state index contributed by atoms with van der Waals surface area (Å²) in [5.74, 6) is -1.96. The Hall–Kier alpha value is -2.65. The van der Waals surface area contributed by atoms with E-state index in [1.165, 1.54) is 4.90 Å². The van der Waals surface area contributed by atoms with Gasteiger partial charge in [-0.25, -0.2) is 0 Å². The lowest BCUT2D eigenvalue weighted by Gasteiger charge is -2.39. The van der Waals surface area contributed by atoms with Crippen molar-refractivity contribution in [3.63, 3.8) is 0 Å². The standard InChI is InChI=1S/C31H47N3O6/c1-10-39-21-13-11-20(12-14-21)32-25(36)22-23-27(38)34(19(3)16-35)24(31(23)15-18(2)30(22,9)40-31)26(37)33-29(7,8)17-28(4,5)6/h11-14,18-19,22-24,35H,10,15-17H2,1-9H3,(H,32,36)(H,33,37)/t18?,19-,22+,23+,24?,30-,31?/m1/s1. The van der Waals surface area contributed by atoms with E-state index in [1.54, 1.807) is 31.2 Å². The summed E-state index contributed by atoms with van der Waals surface area (Å²) in [5.41, 5.74) is -2.08. The Labute approximate surface area is 238 Å². The number of likely N-dealkylation sites (tertiary alicyclic amines) is 1. The monoisotopic (exact) mass is 557 g/mol. The topological polar surface area (TPSA) is 117 Å². The van der Waals surface area contributed by atoms with Gasteiger partial charge < -0.3 is 30.1 Å². The predicted molar refractivity (Wildman–Crippen MR) is 153 cm³/mol. The molecule has 1 aromatic carbocycles. The lowest BCUT2D eigenvalue weighted by atomic mass is 9.62. The van der Waals surface area contributed by atoms with Crippen molar-refractivity contribution >= 4 is 23.4 Å². The zero-order chi connectivity index (χ0) is 29.8. The van der Waals surface area contributed by atoms with Crippen LogP contribution in [0.1, 0.15) is 75.2 Å². The highest BCUT2D eigenvalue weighted by Gasteiger charge is 2.80. The molecule has 3 saturated heterocycles. The number of hydrogen-bond acceptors (Lipinski definition) is 6. The summed E-state index contributed by atoms with van der Waals surface area (Å²) in [7, 11) is 0. The third kappa shape index (κ3) is 5.11. The molecule has 0 radical (unpaired) electrons. The van der Waals surface area contributed by atoms with Gasteiger partial charge in [-0.05, 0) is 83.1 Å². The predicted octanol–water partition coefficient (Wildman–Crippen LogP) is 3.75. The first-order chi connectivity index (χ1) is 18.5. The third-order valence-corrected chi connectivity index (χ3v) is 8.89. The number of benzene rings is 1. The van der Waals surface area contributed by atoms with E-state index in [0.29, 0.717) is 24.5 Å². The molecular formula is C31H47N3O6. The highest BCUT2D eigenvalue weighted by atomic mass is 16.5. The van der Waals surface area contributed by atoms with Crippen LogP contribution in [0, 0.1) is 23.2 Å². The van der Waals surface area contributed by atoms with Crippen LogP contribution in [-0.4, -0.2) is 69.8 Å².